The third kappa shape index (κ3) is 10.8. The second-order valence-electron chi connectivity index (χ2n) is 10.3. The van der Waals surface area contributed by atoms with Crippen LogP contribution in [0.1, 0.15) is 66.2 Å². The van der Waals surface area contributed by atoms with Crippen LogP contribution in [0.15, 0.2) is 0 Å². The Morgan fingerprint density at radius 2 is 1.12 bits per heavy atom. The number of nitrogens with one attached hydrogen (secondary N) is 5. The fourth-order valence-electron chi connectivity index (χ4n) is 4.07. The average molecular weight is 571 g/mol. The smallest absolute Gasteiger partial charge is 0.305 e. The minimum Gasteiger partial charge on any atom is -0.481 e. The van der Waals surface area contributed by atoms with Gasteiger partial charge in [-0.15, -0.1) is 0 Å². The van der Waals surface area contributed by atoms with Gasteiger partial charge in [-0.05, 0) is 37.6 Å². The van der Waals surface area contributed by atoms with E-state index in [0.717, 1.165) is 0 Å². The van der Waals surface area contributed by atoms with Gasteiger partial charge in [-0.2, -0.15) is 0 Å². The number of hydrogen-bond acceptors (Lipinski definition) is 8. The fraction of sp³-hybridized carbons (Fsp3) is 0.720. The van der Waals surface area contributed by atoms with Crippen LogP contribution in [-0.2, 0) is 33.6 Å². The molecule has 0 saturated carbocycles. The lowest BCUT2D eigenvalue weighted by molar-refractivity contribution is -0.143. The van der Waals surface area contributed by atoms with Crippen LogP contribution in [0, 0.1) is 11.8 Å². The number of carbonyl (C=O) groups is 7. The summed E-state index contributed by atoms with van der Waals surface area (Å²) < 4.78 is 0. The van der Waals surface area contributed by atoms with E-state index in [9.17, 15) is 43.8 Å². The standard InChI is InChI=1S/C25H42N6O9/c1-5-13(4)20-25(40)29-16(11-18(34)35)23(38)28-15(10-17(32)33)22(37)27-14(8-6-7-9-26)21(36)30-19(12(2)3)24(39)31-20/h12-16,19-20H,5-11,26H2,1-4H3,(H,27,37)(H,28,38)(H,29,40)(H,30,36)(H,31,39)(H,32,33)(H,34,35)/t13-,14-,15-,16-,19-,20-/m0/s1. The molecule has 0 aromatic carbocycles. The fourth-order valence-corrected chi connectivity index (χ4v) is 4.07. The second kappa shape index (κ2) is 16.4. The van der Waals surface area contributed by atoms with Gasteiger partial charge in [0.25, 0.3) is 0 Å². The van der Waals surface area contributed by atoms with Gasteiger partial charge >= 0.3 is 11.9 Å². The molecule has 0 bridgehead atoms. The summed E-state index contributed by atoms with van der Waals surface area (Å²) in [4.78, 5) is 88.9. The van der Waals surface area contributed by atoms with Crippen molar-refractivity contribution in [3.05, 3.63) is 0 Å². The van der Waals surface area contributed by atoms with Crippen LogP contribution in [0.3, 0.4) is 0 Å². The summed E-state index contributed by atoms with van der Waals surface area (Å²) in [6.07, 6.45) is -0.298. The molecule has 0 aromatic rings. The van der Waals surface area contributed by atoms with E-state index >= 15 is 0 Å². The predicted molar refractivity (Wildman–Crippen MR) is 141 cm³/mol. The molecule has 226 valence electrons. The van der Waals surface area contributed by atoms with Crippen molar-refractivity contribution in [2.45, 2.75) is 96.4 Å². The van der Waals surface area contributed by atoms with Crippen LogP contribution >= 0.6 is 0 Å². The highest BCUT2D eigenvalue weighted by atomic mass is 16.4. The first kappa shape index (κ1) is 34.3. The van der Waals surface area contributed by atoms with E-state index in [1.807, 2.05) is 0 Å². The number of carbonyl (C=O) groups excluding carboxylic acids is 5. The van der Waals surface area contributed by atoms with E-state index in [-0.39, 0.29) is 6.42 Å². The molecule has 15 heteroatoms. The van der Waals surface area contributed by atoms with Crippen LogP contribution < -0.4 is 32.3 Å². The Hall–Kier alpha value is -3.75. The first-order valence-corrected chi connectivity index (χ1v) is 13.4. The highest BCUT2D eigenvalue weighted by molar-refractivity contribution is 5.99. The number of amides is 5. The lowest BCUT2D eigenvalue weighted by Crippen LogP contribution is -2.60. The van der Waals surface area contributed by atoms with Crippen LogP contribution in [0.2, 0.25) is 0 Å². The Morgan fingerprint density at radius 1 is 0.700 bits per heavy atom. The summed E-state index contributed by atoms with van der Waals surface area (Å²) in [5.74, 6) is -8.19. The molecule has 9 N–H and O–H groups in total. The van der Waals surface area contributed by atoms with Crippen molar-refractivity contribution in [3.63, 3.8) is 0 Å². The third-order valence-corrected chi connectivity index (χ3v) is 6.64. The molecule has 40 heavy (non-hydrogen) atoms. The number of rotatable bonds is 11. The van der Waals surface area contributed by atoms with Crippen molar-refractivity contribution < 1.29 is 43.8 Å². The Labute approximate surface area is 232 Å². The van der Waals surface area contributed by atoms with Crippen molar-refractivity contribution >= 4 is 41.5 Å². The van der Waals surface area contributed by atoms with E-state index in [0.29, 0.717) is 25.8 Å². The van der Waals surface area contributed by atoms with E-state index < -0.39 is 96.4 Å². The Bertz CT molecular complexity index is 957. The summed E-state index contributed by atoms with van der Waals surface area (Å²) in [6, 6.07) is -6.90. The molecule has 5 amide bonds. The number of unbranched alkanes of at least 4 members (excludes halogenated alkanes) is 1. The molecular weight excluding hydrogens is 528 g/mol. The van der Waals surface area contributed by atoms with Gasteiger partial charge in [0.05, 0.1) is 12.8 Å². The maximum Gasteiger partial charge on any atom is 0.305 e. The second-order valence-corrected chi connectivity index (χ2v) is 10.3. The lowest BCUT2D eigenvalue weighted by Gasteiger charge is -2.29. The predicted octanol–water partition coefficient (Wildman–Crippen LogP) is -1.80. The lowest BCUT2D eigenvalue weighted by atomic mass is 9.95. The molecule has 0 spiro atoms. The summed E-state index contributed by atoms with van der Waals surface area (Å²) in [5, 5.41) is 30.8. The van der Waals surface area contributed by atoms with Gasteiger partial charge in [0.2, 0.25) is 29.5 Å². The molecule has 0 unspecified atom stereocenters. The Balaban J connectivity index is 3.62. The average Bonchev–Trinajstić information content (AvgIpc) is 2.86. The highest BCUT2D eigenvalue weighted by Crippen LogP contribution is 2.13. The molecule has 1 aliphatic heterocycles. The summed E-state index contributed by atoms with van der Waals surface area (Å²) in [5.41, 5.74) is 5.54. The van der Waals surface area contributed by atoms with Gasteiger partial charge in [-0.3, -0.25) is 33.6 Å². The van der Waals surface area contributed by atoms with Crippen molar-refractivity contribution in [2.75, 3.05) is 6.54 Å². The van der Waals surface area contributed by atoms with Gasteiger partial charge in [0.15, 0.2) is 0 Å². The van der Waals surface area contributed by atoms with E-state index in [2.05, 4.69) is 26.6 Å². The zero-order chi connectivity index (χ0) is 30.6. The zero-order valence-corrected chi connectivity index (χ0v) is 23.3. The van der Waals surface area contributed by atoms with E-state index in [1.54, 1.807) is 27.7 Å². The number of carboxylic acid groups (broad SMARTS) is 2. The maximum atomic E-state index is 13.3. The van der Waals surface area contributed by atoms with Gasteiger partial charge < -0.3 is 42.5 Å². The highest BCUT2D eigenvalue weighted by Gasteiger charge is 2.37. The number of aliphatic carboxylic acids is 2. The first-order valence-electron chi connectivity index (χ1n) is 13.4. The summed E-state index contributed by atoms with van der Waals surface area (Å²) in [7, 11) is 0. The summed E-state index contributed by atoms with van der Waals surface area (Å²) in [6.45, 7) is 7.11. The third-order valence-electron chi connectivity index (χ3n) is 6.64. The first-order chi connectivity index (χ1) is 18.7. The maximum absolute atomic E-state index is 13.3. The molecule has 1 aliphatic rings. The van der Waals surface area contributed by atoms with Crippen LogP contribution in [-0.4, -0.2) is 88.4 Å². The van der Waals surface area contributed by atoms with Crippen molar-refractivity contribution in [1.29, 1.82) is 0 Å². The Morgan fingerprint density at radius 3 is 1.57 bits per heavy atom. The molecule has 1 heterocycles. The van der Waals surface area contributed by atoms with Gasteiger partial charge in [-0.1, -0.05) is 34.1 Å². The van der Waals surface area contributed by atoms with Gasteiger partial charge in [0.1, 0.15) is 30.2 Å². The largest absolute Gasteiger partial charge is 0.481 e. The normalized spacial score (nSPS) is 25.9. The number of nitrogens with two attached hydrogens (primary N) is 1. The minimum atomic E-state index is -1.70. The van der Waals surface area contributed by atoms with Crippen molar-refractivity contribution in [3.8, 4) is 0 Å². The quantitative estimate of drug-likeness (QED) is 0.130. The molecule has 1 fully saturated rings. The van der Waals surface area contributed by atoms with E-state index in [4.69, 9.17) is 5.73 Å². The molecular formula is C25H42N6O9. The topological polar surface area (TPSA) is 246 Å². The van der Waals surface area contributed by atoms with Gasteiger partial charge in [0, 0.05) is 0 Å². The molecule has 15 nitrogen and oxygen atoms in total. The molecule has 0 aliphatic carbocycles. The van der Waals surface area contributed by atoms with Gasteiger partial charge in [-0.25, -0.2) is 0 Å². The van der Waals surface area contributed by atoms with Crippen LogP contribution in [0.5, 0.6) is 0 Å². The zero-order valence-electron chi connectivity index (χ0n) is 23.3. The van der Waals surface area contributed by atoms with Crippen molar-refractivity contribution in [1.82, 2.24) is 26.6 Å². The minimum absolute atomic E-state index is 0.103. The molecule has 0 radical (unpaired) electrons. The van der Waals surface area contributed by atoms with E-state index in [1.165, 1.54) is 0 Å². The van der Waals surface area contributed by atoms with Crippen molar-refractivity contribution in [2.24, 2.45) is 17.6 Å². The molecule has 1 saturated heterocycles. The molecule has 1 rings (SSSR count). The monoisotopic (exact) mass is 570 g/mol. The van der Waals surface area contributed by atoms with Crippen LogP contribution in [0.4, 0.5) is 0 Å². The number of carboxylic acids is 2. The molecule has 6 atom stereocenters. The summed E-state index contributed by atoms with van der Waals surface area (Å²) >= 11 is 0. The number of hydrogen-bond donors (Lipinski definition) is 8. The SMILES string of the molecule is CC[C@H](C)[C@@H]1NC(=O)[C@H](C(C)C)NC(=O)[C@H](CCCCN)NC(=O)[C@H](CC(=O)O)NC(=O)[C@H](CC(=O)O)NC1=O. The Kier molecular flexibility index (Phi) is 14.0. The molecule has 0 aromatic heterocycles. The van der Waals surface area contributed by atoms with Crippen LogP contribution in [0.25, 0.3) is 0 Å².